The average Bonchev–Trinajstić information content (AvgIpc) is 3.41. The zero-order valence-corrected chi connectivity index (χ0v) is 13.9. The number of guanidine groups is 1. The van der Waals surface area contributed by atoms with Crippen LogP contribution in [0, 0.1) is 0 Å². The van der Waals surface area contributed by atoms with Gasteiger partial charge in [-0.2, -0.15) is 0 Å². The maximum absolute atomic E-state index is 4.37. The van der Waals surface area contributed by atoms with Crippen molar-refractivity contribution in [3.63, 3.8) is 0 Å². The highest BCUT2D eigenvalue weighted by molar-refractivity contribution is 5.80. The molecule has 0 radical (unpaired) electrons. The summed E-state index contributed by atoms with van der Waals surface area (Å²) in [7, 11) is 1.83. The highest BCUT2D eigenvalue weighted by atomic mass is 15.2. The molecule has 0 heterocycles. The predicted molar refractivity (Wildman–Crippen MR) is 96.7 cm³/mol. The molecular formula is C20H25N3. The minimum atomic E-state index is 0.231. The minimum Gasteiger partial charge on any atom is -0.356 e. The summed E-state index contributed by atoms with van der Waals surface area (Å²) in [4.78, 5) is 4.37. The van der Waals surface area contributed by atoms with Gasteiger partial charge < -0.3 is 10.6 Å². The third kappa shape index (κ3) is 3.73. The van der Waals surface area contributed by atoms with Crippen LogP contribution in [-0.4, -0.2) is 19.6 Å². The zero-order valence-electron chi connectivity index (χ0n) is 13.9. The van der Waals surface area contributed by atoms with E-state index in [1.165, 1.54) is 24.0 Å². The van der Waals surface area contributed by atoms with Gasteiger partial charge in [0.2, 0.25) is 0 Å². The monoisotopic (exact) mass is 307 g/mol. The van der Waals surface area contributed by atoms with Crippen LogP contribution in [0.2, 0.25) is 0 Å². The van der Waals surface area contributed by atoms with Gasteiger partial charge in [-0.25, -0.2) is 0 Å². The third-order valence-electron chi connectivity index (χ3n) is 4.71. The van der Waals surface area contributed by atoms with Crippen molar-refractivity contribution >= 4 is 5.96 Å². The van der Waals surface area contributed by atoms with E-state index in [-0.39, 0.29) is 11.5 Å². The summed E-state index contributed by atoms with van der Waals surface area (Å²) in [5.41, 5.74) is 2.98. The molecule has 1 saturated carbocycles. The van der Waals surface area contributed by atoms with Crippen molar-refractivity contribution in [3.8, 4) is 0 Å². The summed E-state index contributed by atoms with van der Waals surface area (Å²) in [5, 5.41) is 6.98. The Labute approximate surface area is 138 Å². The van der Waals surface area contributed by atoms with E-state index in [1.807, 2.05) is 13.1 Å². The van der Waals surface area contributed by atoms with E-state index in [0.29, 0.717) is 0 Å². The predicted octanol–water partition coefficient (Wildman–Crippen LogP) is 3.64. The van der Waals surface area contributed by atoms with Crippen LogP contribution in [0.4, 0.5) is 0 Å². The SMILES string of the molecule is CN=C(NCC1(c2ccccc2)CC1)N[C@@H](C)c1ccccc1. The third-order valence-corrected chi connectivity index (χ3v) is 4.71. The molecule has 0 bridgehead atoms. The van der Waals surface area contributed by atoms with Gasteiger partial charge in [-0.05, 0) is 30.9 Å². The van der Waals surface area contributed by atoms with Crippen LogP contribution in [0.3, 0.4) is 0 Å². The Kier molecular flexibility index (Phi) is 4.65. The zero-order chi connectivity index (χ0) is 16.1. The lowest BCUT2D eigenvalue weighted by Crippen LogP contribution is -2.42. The first-order valence-corrected chi connectivity index (χ1v) is 8.31. The van der Waals surface area contributed by atoms with Gasteiger partial charge in [-0.15, -0.1) is 0 Å². The first kappa shape index (κ1) is 15.6. The molecule has 0 amide bonds. The van der Waals surface area contributed by atoms with Crippen LogP contribution in [0.25, 0.3) is 0 Å². The van der Waals surface area contributed by atoms with Gasteiger partial charge in [0.1, 0.15) is 0 Å². The fourth-order valence-corrected chi connectivity index (χ4v) is 2.99. The van der Waals surface area contributed by atoms with E-state index >= 15 is 0 Å². The largest absolute Gasteiger partial charge is 0.356 e. The van der Waals surface area contributed by atoms with E-state index in [4.69, 9.17) is 0 Å². The van der Waals surface area contributed by atoms with Crippen molar-refractivity contribution in [2.75, 3.05) is 13.6 Å². The fourth-order valence-electron chi connectivity index (χ4n) is 2.99. The topological polar surface area (TPSA) is 36.4 Å². The molecule has 2 N–H and O–H groups in total. The Morgan fingerprint density at radius 3 is 2.22 bits per heavy atom. The number of nitrogens with zero attached hydrogens (tertiary/aromatic N) is 1. The maximum Gasteiger partial charge on any atom is 0.191 e. The molecular weight excluding hydrogens is 282 g/mol. The normalized spacial score (nSPS) is 17.4. The number of benzene rings is 2. The molecule has 0 spiro atoms. The van der Waals surface area contributed by atoms with E-state index in [0.717, 1.165) is 12.5 Å². The Balaban J connectivity index is 1.59. The Bertz CT molecular complexity index is 645. The summed E-state index contributed by atoms with van der Waals surface area (Å²) in [6, 6.07) is 21.5. The molecule has 23 heavy (non-hydrogen) atoms. The van der Waals surface area contributed by atoms with E-state index < -0.39 is 0 Å². The first-order chi connectivity index (χ1) is 11.2. The van der Waals surface area contributed by atoms with Gasteiger partial charge in [-0.3, -0.25) is 4.99 Å². The quantitative estimate of drug-likeness (QED) is 0.653. The molecule has 1 aliphatic carbocycles. The minimum absolute atomic E-state index is 0.231. The van der Waals surface area contributed by atoms with E-state index in [2.05, 4.69) is 77.1 Å². The number of hydrogen-bond acceptors (Lipinski definition) is 1. The molecule has 2 aromatic carbocycles. The highest BCUT2D eigenvalue weighted by Crippen LogP contribution is 2.47. The van der Waals surface area contributed by atoms with Crippen molar-refractivity contribution in [2.24, 2.45) is 4.99 Å². The van der Waals surface area contributed by atoms with Gasteiger partial charge in [0.15, 0.2) is 5.96 Å². The molecule has 0 aliphatic heterocycles. The second kappa shape index (κ2) is 6.86. The van der Waals surface area contributed by atoms with Crippen molar-refractivity contribution in [2.45, 2.75) is 31.2 Å². The average molecular weight is 307 g/mol. The van der Waals surface area contributed by atoms with Crippen molar-refractivity contribution in [3.05, 3.63) is 71.8 Å². The van der Waals surface area contributed by atoms with Crippen LogP contribution in [-0.2, 0) is 5.41 Å². The molecule has 0 saturated heterocycles. The second-order valence-corrected chi connectivity index (χ2v) is 6.35. The van der Waals surface area contributed by atoms with Crippen LogP contribution < -0.4 is 10.6 Å². The lowest BCUT2D eigenvalue weighted by atomic mass is 9.96. The molecule has 1 atom stereocenters. The summed E-state index contributed by atoms with van der Waals surface area (Å²) in [6.07, 6.45) is 2.49. The second-order valence-electron chi connectivity index (χ2n) is 6.35. The Hall–Kier alpha value is -2.29. The number of nitrogens with one attached hydrogen (secondary N) is 2. The molecule has 1 fully saturated rings. The van der Waals surface area contributed by atoms with E-state index in [1.54, 1.807) is 0 Å². The summed E-state index contributed by atoms with van der Waals surface area (Å²) >= 11 is 0. The molecule has 2 aromatic rings. The maximum atomic E-state index is 4.37. The van der Waals surface area contributed by atoms with Crippen LogP contribution in [0.5, 0.6) is 0 Å². The molecule has 120 valence electrons. The van der Waals surface area contributed by atoms with E-state index in [9.17, 15) is 0 Å². The number of aliphatic imine (C=N–C) groups is 1. The van der Waals surface area contributed by atoms with Crippen LogP contribution in [0.15, 0.2) is 65.7 Å². The lowest BCUT2D eigenvalue weighted by Gasteiger charge is -2.22. The molecule has 3 heteroatoms. The molecule has 3 rings (SSSR count). The molecule has 1 aliphatic rings. The summed E-state index contributed by atoms with van der Waals surface area (Å²) in [5.74, 6) is 0.864. The van der Waals surface area contributed by atoms with Crippen molar-refractivity contribution in [1.29, 1.82) is 0 Å². The Morgan fingerprint density at radius 1 is 1.04 bits per heavy atom. The van der Waals surface area contributed by atoms with Gasteiger partial charge in [0, 0.05) is 19.0 Å². The number of hydrogen-bond donors (Lipinski definition) is 2. The fraction of sp³-hybridized carbons (Fsp3) is 0.350. The van der Waals surface area contributed by atoms with Gasteiger partial charge in [0.25, 0.3) is 0 Å². The van der Waals surface area contributed by atoms with Gasteiger partial charge in [0.05, 0.1) is 6.04 Å². The van der Waals surface area contributed by atoms with Crippen LogP contribution in [0.1, 0.15) is 36.9 Å². The standard InChI is InChI=1S/C20H25N3/c1-16(17-9-5-3-6-10-17)23-19(21-2)22-15-20(13-14-20)18-11-7-4-8-12-18/h3-12,16H,13-15H2,1-2H3,(H2,21,22,23)/t16-/m0/s1. The summed E-state index contributed by atoms with van der Waals surface area (Å²) in [6.45, 7) is 3.09. The molecule has 0 unspecified atom stereocenters. The first-order valence-electron chi connectivity index (χ1n) is 8.31. The lowest BCUT2D eigenvalue weighted by molar-refractivity contribution is 0.626. The molecule has 3 nitrogen and oxygen atoms in total. The highest BCUT2D eigenvalue weighted by Gasteiger charge is 2.44. The smallest absolute Gasteiger partial charge is 0.191 e. The summed E-state index contributed by atoms with van der Waals surface area (Å²) < 4.78 is 0. The Morgan fingerprint density at radius 2 is 1.65 bits per heavy atom. The van der Waals surface area contributed by atoms with Crippen molar-refractivity contribution in [1.82, 2.24) is 10.6 Å². The molecule has 0 aromatic heterocycles. The van der Waals surface area contributed by atoms with Gasteiger partial charge in [-0.1, -0.05) is 60.7 Å². The van der Waals surface area contributed by atoms with Crippen LogP contribution >= 0.6 is 0 Å². The van der Waals surface area contributed by atoms with Gasteiger partial charge >= 0.3 is 0 Å². The number of rotatable bonds is 5. The van der Waals surface area contributed by atoms with Crippen molar-refractivity contribution < 1.29 is 0 Å².